The number of carboxylic acid groups (broad SMARTS) is 1. The lowest BCUT2D eigenvalue weighted by Gasteiger charge is -2.32. The van der Waals surface area contributed by atoms with Gasteiger partial charge in [0.25, 0.3) is 0 Å². The highest BCUT2D eigenvalue weighted by atomic mass is 16.4. The molecule has 1 heterocycles. The van der Waals surface area contributed by atoms with Crippen LogP contribution >= 0.6 is 0 Å². The predicted molar refractivity (Wildman–Crippen MR) is 104 cm³/mol. The Bertz CT molecular complexity index is 777. The van der Waals surface area contributed by atoms with Gasteiger partial charge in [-0.1, -0.05) is 39.8 Å². The van der Waals surface area contributed by atoms with Gasteiger partial charge >= 0.3 is 12.0 Å². The first-order chi connectivity index (χ1) is 13.1. The van der Waals surface area contributed by atoms with Gasteiger partial charge in [0, 0.05) is 0 Å². The van der Waals surface area contributed by atoms with E-state index in [0.717, 1.165) is 0 Å². The number of hydrogen-bond acceptors (Lipinski definition) is 4. The zero-order valence-electron chi connectivity index (χ0n) is 16.4. The maximum atomic E-state index is 12.8. The van der Waals surface area contributed by atoms with Crippen molar-refractivity contribution >= 4 is 35.2 Å². The van der Waals surface area contributed by atoms with Crippen LogP contribution in [0.2, 0.25) is 0 Å². The van der Waals surface area contributed by atoms with Gasteiger partial charge in [0.2, 0.25) is 11.8 Å². The number of anilines is 2. The maximum Gasteiger partial charge on any atom is 0.326 e. The Morgan fingerprint density at radius 2 is 1.64 bits per heavy atom. The summed E-state index contributed by atoms with van der Waals surface area (Å²) in [6.45, 7) is 6.68. The molecule has 152 valence electrons. The second-order valence-electron chi connectivity index (χ2n) is 7.39. The number of benzene rings is 1. The molecule has 9 heteroatoms. The molecule has 0 saturated heterocycles. The van der Waals surface area contributed by atoms with E-state index in [4.69, 9.17) is 0 Å². The Labute approximate surface area is 163 Å². The number of nitrogens with zero attached hydrogens (tertiary/aromatic N) is 1. The van der Waals surface area contributed by atoms with Crippen LogP contribution in [-0.4, -0.2) is 47.5 Å². The number of urea groups is 1. The number of amides is 4. The number of carbonyl (C=O) groups excluding carboxylic acids is 3. The second-order valence-corrected chi connectivity index (χ2v) is 7.39. The third kappa shape index (κ3) is 4.79. The van der Waals surface area contributed by atoms with E-state index in [9.17, 15) is 24.3 Å². The molecule has 2 rings (SSSR count). The second kappa shape index (κ2) is 8.73. The quantitative estimate of drug-likeness (QED) is 0.584. The number of hydrogen-bond donors (Lipinski definition) is 4. The summed E-state index contributed by atoms with van der Waals surface area (Å²) in [6.07, 6.45) is 0. The molecular formula is C19H26N4O5. The number of aliphatic carboxylic acids is 1. The highest BCUT2D eigenvalue weighted by Crippen LogP contribution is 2.28. The molecule has 0 aromatic heterocycles. The molecule has 28 heavy (non-hydrogen) atoms. The van der Waals surface area contributed by atoms with Crippen molar-refractivity contribution in [1.29, 1.82) is 0 Å². The summed E-state index contributed by atoms with van der Waals surface area (Å²) in [5.41, 5.74) is 1.03. The highest BCUT2D eigenvalue weighted by molar-refractivity contribution is 6.10. The summed E-state index contributed by atoms with van der Waals surface area (Å²) in [6, 6.07) is 4.23. The van der Waals surface area contributed by atoms with Gasteiger partial charge < -0.3 is 21.1 Å². The molecule has 0 spiro atoms. The predicted octanol–water partition coefficient (Wildman–Crippen LogP) is 1.40. The molecule has 0 saturated carbocycles. The number of carboxylic acids is 1. The Morgan fingerprint density at radius 3 is 2.21 bits per heavy atom. The van der Waals surface area contributed by atoms with Crippen molar-refractivity contribution in [2.75, 3.05) is 16.8 Å². The fraction of sp³-hybridized carbons (Fsp3) is 0.474. The van der Waals surface area contributed by atoms with Crippen molar-refractivity contribution in [2.45, 2.75) is 39.8 Å². The van der Waals surface area contributed by atoms with Crippen LogP contribution in [0.15, 0.2) is 24.3 Å². The molecule has 0 radical (unpaired) electrons. The SMILES string of the molecule is CC(C)[C@H](NC(=O)[C@@H](NC(=O)N1CC(=O)Nc2ccccc21)C(C)C)C(=O)O. The van der Waals surface area contributed by atoms with Crippen molar-refractivity contribution in [1.82, 2.24) is 10.6 Å². The highest BCUT2D eigenvalue weighted by Gasteiger charge is 2.33. The Morgan fingerprint density at radius 1 is 1.04 bits per heavy atom. The van der Waals surface area contributed by atoms with Crippen molar-refractivity contribution in [3.63, 3.8) is 0 Å². The minimum atomic E-state index is -1.14. The van der Waals surface area contributed by atoms with Crippen LogP contribution in [0.3, 0.4) is 0 Å². The maximum absolute atomic E-state index is 12.8. The van der Waals surface area contributed by atoms with E-state index in [0.29, 0.717) is 11.4 Å². The minimum Gasteiger partial charge on any atom is -0.480 e. The van der Waals surface area contributed by atoms with E-state index in [1.54, 1.807) is 52.0 Å². The average molecular weight is 390 g/mol. The van der Waals surface area contributed by atoms with Gasteiger partial charge in [0.1, 0.15) is 18.6 Å². The number of rotatable bonds is 6. The molecular weight excluding hydrogens is 364 g/mol. The molecule has 1 aliphatic heterocycles. The van der Waals surface area contributed by atoms with Crippen molar-refractivity contribution in [3.05, 3.63) is 24.3 Å². The first-order valence-corrected chi connectivity index (χ1v) is 9.12. The third-order valence-electron chi connectivity index (χ3n) is 4.47. The Kier molecular flexibility index (Phi) is 6.61. The minimum absolute atomic E-state index is 0.182. The number of para-hydroxylation sites is 2. The molecule has 1 aromatic carbocycles. The van der Waals surface area contributed by atoms with Crippen LogP contribution in [0.1, 0.15) is 27.7 Å². The Balaban J connectivity index is 2.18. The zero-order valence-corrected chi connectivity index (χ0v) is 16.4. The molecule has 0 unspecified atom stereocenters. The molecule has 1 aromatic rings. The summed E-state index contributed by atoms with van der Waals surface area (Å²) in [5, 5.41) is 17.1. The molecule has 0 bridgehead atoms. The largest absolute Gasteiger partial charge is 0.480 e. The first kappa shape index (κ1) is 21.2. The first-order valence-electron chi connectivity index (χ1n) is 9.12. The number of fused-ring (bicyclic) bond motifs is 1. The van der Waals surface area contributed by atoms with E-state index in [2.05, 4.69) is 16.0 Å². The van der Waals surface area contributed by atoms with Gasteiger partial charge in [0.05, 0.1) is 11.4 Å². The summed E-state index contributed by atoms with van der Waals surface area (Å²) in [7, 11) is 0. The van der Waals surface area contributed by atoms with Gasteiger partial charge in [-0.05, 0) is 24.0 Å². The smallest absolute Gasteiger partial charge is 0.326 e. The molecule has 0 aliphatic carbocycles. The van der Waals surface area contributed by atoms with Gasteiger partial charge in [-0.25, -0.2) is 9.59 Å². The summed E-state index contributed by atoms with van der Waals surface area (Å²) < 4.78 is 0. The van der Waals surface area contributed by atoms with E-state index in [1.165, 1.54) is 4.90 Å². The van der Waals surface area contributed by atoms with Crippen LogP contribution in [0.25, 0.3) is 0 Å². The molecule has 4 N–H and O–H groups in total. The van der Waals surface area contributed by atoms with Crippen molar-refractivity contribution in [2.24, 2.45) is 11.8 Å². The van der Waals surface area contributed by atoms with Gasteiger partial charge in [-0.15, -0.1) is 0 Å². The van der Waals surface area contributed by atoms with Gasteiger partial charge in [-0.3, -0.25) is 14.5 Å². The number of carbonyl (C=O) groups is 4. The molecule has 9 nitrogen and oxygen atoms in total. The summed E-state index contributed by atoms with van der Waals surface area (Å²) in [4.78, 5) is 50.0. The van der Waals surface area contributed by atoms with Crippen molar-refractivity contribution in [3.8, 4) is 0 Å². The van der Waals surface area contributed by atoms with Crippen LogP contribution in [-0.2, 0) is 14.4 Å². The molecule has 2 atom stereocenters. The van der Waals surface area contributed by atoms with E-state index in [-0.39, 0.29) is 24.3 Å². The Hall–Kier alpha value is -3.10. The van der Waals surface area contributed by atoms with E-state index < -0.39 is 30.0 Å². The summed E-state index contributed by atoms with van der Waals surface area (Å²) >= 11 is 0. The number of nitrogens with one attached hydrogen (secondary N) is 3. The van der Waals surface area contributed by atoms with E-state index >= 15 is 0 Å². The summed E-state index contributed by atoms with van der Waals surface area (Å²) in [5.74, 6) is -2.68. The monoisotopic (exact) mass is 390 g/mol. The lowest BCUT2D eigenvalue weighted by molar-refractivity contribution is -0.143. The topological polar surface area (TPSA) is 128 Å². The van der Waals surface area contributed by atoms with Crippen molar-refractivity contribution < 1.29 is 24.3 Å². The zero-order chi connectivity index (χ0) is 21.0. The normalized spacial score (nSPS) is 15.5. The average Bonchev–Trinajstić information content (AvgIpc) is 2.62. The third-order valence-corrected chi connectivity index (χ3v) is 4.47. The van der Waals surface area contributed by atoms with Gasteiger partial charge in [0.15, 0.2) is 0 Å². The van der Waals surface area contributed by atoms with Crippen LogP contribution < -0.4 is 20.9 Å². The van der Waals surface area contributed by atoms with Crippen LogP contribution in [0.4, 0.5) is 16.2 Å². The molecule has 4 amide bonds. The fourth-order valence-electron chi connectivity index (χ4n) is 2.92. The van der Waals surface area contributed by atoms with E-state index in [1.807, 2.05) is 0 Å². The van der Waals surface area contributed by atoms with Gasteiger partial charge in [-0.2, -0.15) is 0 Å². The standard InChI is InChI=1S/C19H26N4O5/c1-10(2)15(17(25)21-16(11(3)4)18(26)27)22-19(28)23-9-14(24)20-12-7-5-6-8-13(12)23/h5-8,10-11,15-16H,9H2,1-4H3,(H,20,24)(H,21,25)(H,22,28)(H,26,27)/t15-,16-/m0/s1. The molecule has 1 aliphatic rings. The van der Waals surface area contributed by atoms with Crippen LogP contribution in [0, 0.1) is 11.8 Å². The lowest BCUT2D eigenvalue weighted by Crippen LogP contribution is -2.58. The lowest BCUT2D eigenvalue weighted by atomic mass is 10.0. The fourth-order valence-corrected chi connectivity index (χ4v) is 2.92. The molecule has 0 fully saturated rings. The van der Waals surface area contributed by atoms with Crippen LogP contribution in [0.5, 0.6) is 0 Å².